The highest BCUT2D eigenvalue weighted by molar-refractivity contribution is 5.99. The van der Waals surface area contributed by atoms with E-state index in [1.807, 2.05) is 6.92 Å². The number of carbonyl (C=O) groups is 2. The van der Waals surface area contributed by atoms with Gasteiger partial charge >= 0.3 is 12.0 Å². The van der Waals surface area contributed by atoms with E-state index in [0.29, 0.717) is 12.0 Å². The van der Waals surface area contributed by atoms with Crippen LogP contribution in [0.3, 0.4) is 0 Å². The van der Waals surface area contributed by atoms with Gasteiger partial charge in [0.1, 0.15) is 17.2 Å². The van der Waals surface area contributed by atoms with Crippen molar-refractivity contribution in [1.29, 1.82) is 0 Å². The lowest BCUT2D eigenvalue weighted by Gasteiger charge is -2.14. The Kier molecular flexibility index (Phi) is 7.30. The van der Waals surface area contributed by atoms with E-state index in [4.69, 9.17) is 4.74 Å². The van der Waals surface area contributed by atoms with E-state index in [9.17, 15) is 19.1 Å². The maximum Gasteiger partial charge on any atom is 0.343 e. The molecule has 1 aromatic heterocycles. The summed E-state index contributed by atoms with van der Waals surface area (Å²) >= 11 is 0. The van der Waals surface area contributed by atoms with Crippen LogP contribution in [0.4, 0.5) is 15.0 Å². The van der Waals surface area contributed by atoms with Crippen molar-refractivity contribution >= 4 is 17.8 Å². The fraction of sp³-hybridized carbons (Fsp3) is 0.389. The molecule has 0 aliphatic rings. The minimum Gasteiger partial charge on any atom is -0.462 e. The Balaban J connectivity index is 2.10. The molecule has 0 fully saturated rings. The van der Waals surface area contributed by atoms with Gasteiger partial charge in [0.05, 0.1) is 25.5 Å². The van der Waals surface area contributed by atoms with Gasteiger partial charge in [-0.15, -0.1) is 0 Å². The van der Waals surface area contributed by atoms with Crippen molar-refractivity contribution in [3.8, 4) is 0 Å². The van der Waals surface area contributed by atoms with Crippen LogP contribution in [0.1, 0.15) is 36.2 Å². The van der Waals surface area contributed by atoms with Gasteiger partial charge < -0.3 is 15.2 Å². The van der Waals surface area contributed by atoms with Crippen molar-refractivity contribution in [2.45, 2.75) is 39.5 Å². The maximum atomic E-state index is 12.9. The van der Waals surface area contributed by atoms with Crippen molar-refractivity contribution in [3.63, 3.8) is 0 Å². The quantitative estimate of drug-likeness (QED) is 0.611. The molecule has 1 aromatic carbocycles. The number of carbonyl (C=O) groups excluding carboxylic acids is 2. The number of nitrogens with zero attached hydrogens (tertiary/aromatic N) is 2. The minimum absolute atomic E-state index is 0.0945. The molecule has 0 spiro atoms. The van der Waals surface area contributed by atoms with Crippen molar-refractivity contribution in [1.82, 2.24) is 15.1 Å². The summed E-state index contributed by atoms with van der Waals surface area (Å²) in [7, 11) is 0. The molecule has 0 bridgehead atoms. The van der Waals surface area contributed by atoms with E-state index >= 15 is 0 Å². The van der Waals surface area contributed by atoms with E-state index in [1.54, 1.807) is 19.1 Å². The van der Waals surface area contributed by atoms with Crippen LogP contribution in [0.2, 0.25) is 0 Å². The SMILES string of the molecule is CCOC(=O)c1cnn(CC(O)CC)c1NC(=O)NCc1ccc(F)cc1. The van der Waals surface area contributed by atoms with E-state index in [2.05, 4.69) is 15.7 Å². The smallest absolute Gasteiger partial charge is 0.343 e. The van der Waals surface area contributed by atoms with Crippen LogP contribution >= 0.6 is 0 Å². The number of hydrogen-bond acceptors (Lipinski definition) is 5. The number of rotatable bonds is 8. The predicted octanol–water partition coefficient (Wildman–Crippen LogP) is 2.29. The van der Waals surface area contributed by atoms with Gasteiger partial charge in [0.15, 0.2) is 0 Å². The van der Waals surface area contributed by atoms with Gasteiger partial charge in [-0.2, -0.15) is 5.10 Å². The summed E-state index contributed by atoms with van der Waals surface area (Å²) in [5.41, 5.74) is 0.809. The van der Waals surface area contributed by atoms with E-state index in [1.165, 1.54) is 23.0 Å². The van der Waals surface area contributed by atoms with Crippen LogP contribution in [0, 0.1) is 5.82 Å². The Labute approximate surface area is 156 Å². The predicted molar refractivity (Wildman–Crippen MR) is 96.7 cm³/mol. The Hall–Kier alpha value is -2.94. The summed E-state index contributed by atoms with van der Waals surface area (Å²) in [5, 5.41) is 19.1. The lowest BCUT2D eigenvalue weighted by molar-refractivity contribution is 0.0527. The molecular weight excluding hydrogens is 355 g/mol. The number of aromatic nitrogens is 2. The maximum absolute atomic E-state index is 12.9. The van der Waals surface area contributed by atoms with Gasteiger partial charge in [0, 0.05) is 6.54 Å². The second kappa shape index (κ2) is 9.67. The first-order valence-electron chi connectivity index (χ1n) is 8.64. The van der Waals surface area contributed by atoms with Gasteiger partial charge in [0.2, 0.25) is 0 Å². The third-order valence-corrected chi connectivity index (χ3v) is 3.79. The number of ether oxygens (including phenoxy) is 1. The molecule has 1 atom stereocenters. The van der Waals surface area contributed by atoms with Crippen LogP contribution in [0.15, 0.2) is 30.5 Å². The summed E-state index contributed by atoms with van der Waals surface area (Å²) in [6.45, 7) is 3.95. The van der Waals surface area contributed by atoms with Gasteiger partial charge in [0.25, 0.3) is 0 Å². The van der Waals surface area contributed by atoms with Crippen molar-refractivity contribution in [2.24, 2.45) is 0 Å². The standard InChI is InChI=1S/C18H23FN4O4/c1-3-14(24)11-23-16(15(10-21-23)17(25)27-4-2)22-18(26)20-9-12-5-7-13(19)8-6-12/h5-8,10,14,24H,3-4,9,11H2,1-2H3,(H2,20,22,26). The Morgan fingerprint density at radius 1 is 1.30 bits per heavy atom. The third-order valence-electron chi connectivity index (χ3n) is 3.79. The first-order chi connectivity index (χ1) is 12.9. The molecule has 2 rings (SSSR count). The van der Waals surface area contributed by atoms with Crippen LogP contribution in [-0.4, -0.2) is 39.6 Å². The van der Waals surface area contributed by atoms with Crippen molar-refractivity contribution in [3.05, 3.63) is 47.4 Å². The number of amides is 2. The number of anilines is 1. The second-order valence-electron chi connectivity index (χ2n) is 5.81. The first kappa shape index (κ1) is 20.4. The van der Waals surface area contributed by atoms with Crippen LogP contribution in [0.25, 0.3) is 0 Å². The molecule has 0 saturated carbocycles. The fourth-order valence-corrected chi connectivity index (χ4v) is 2.28. The summed E-state index contributed by atoms with van der Waals surface area (Å²) in [6, 6.07) is 5.14. The van der Waals surface area contributed by atoms with Crippen LogP contribution in [-0.2, 0) is 17.8 Å². The first-order valence-corrected chi connectivity index (χ1v) is 8.64. The molecule has 0 radical (unpaired) electrons. The Morgan fingerprint density at radius 2 is 2.00 bits per heavy atom. The average molecular weight is 378 g/mol. The van der Waals surface area contributed by atoms with Crippen molar-refractivity contribution < 1.29 is 23.8 Å². The summed E-state index contributed by atoms with van der Waals surface area (Å²) in [6.07, 6.45) is 1.10. The molecule has 0 saturated heterocycles. The molecule has 0 aliphatic heterocycles. The van der Waals surface area contributed by atoms with Crippen LogP contribution in [0.5, 0.6) is 0 Å². The fourth-order valence-electron chi connectivity index (χ4n) is 2.28. The molecule has 146 valence electrons. The monoisotopic (exact) mass is 378 g/mol. The van der Waals surface area contributed by atoms with E-state index < -0.39 is 18.1 Å². The molecule has 2 aromatic rings. The molecule has 3 N–H and O–H groups in total. The highest BCUT2D eigenvalue weighted by atomic mass is 19.1. The number of benzene rings is 1. The molecule has 1 unspecified atom stereocenters. The zero-order valence-corrected chi connectivity index (χ0v) is 15.2. The topological polar surface area (TPSA) is 105 Å². The average Bonchev–Trinajstić information content (AvgIpc) is 3.03. The molecular formula is C18H23FN4O4. The summed E-state index contributed by atoms with van der Waals surface area (Å²) in [4.78, 5) is 24.3. The van der Waals surface area contributed by atoms with E-state index in [0.717, 1.165) is 0 Å². The number of esters is 1. The number of halogens is 1. The summed E-state index contributed by atoms with van der Waals surface area (Å²) < 4.78 is 19.2. The molecule has 0 aliphatic carbocycles. The lowest BCUT2D eigenvalue weighted by Crippen LogP contribution is -2.30. The summed E-state index contributed by atoms with van der Waals surface area (Å²) in [5.74, 6) is -0.846. The second-order valence-corrected chi connectivity index (χ2v) is 5.81. The van der Waals surface area contributed by atoms with Crippen molar-refractivity contribution in [2.75, 3.05) is 11.9 Å². The zero-order chi connectivity index (χ0) is 19.8. The highest BCUT2D eigenvalue weighted by Crippen LogP contribution is 2.18. The van der Waals surface area contributed by atoms with E-state index in [-0.39, 0.29) is 36.9 Å². The molecule has 27 heavy (non-hydrogen) atoms. The third kappa shape index (κ3) is 5.78. The highest BCUT2D eigenvalue weighted by Gasteiger charge is 2.21. The molecule has 9 heteroatoms. The molecule has 8 nitrogen and oxygen atoms in total. The number of aliphatic hydroxyl groups is 1. The van der Waals surface area contributed by atoms with Gasteiger partial charge in [-0.25, -0.2) is 18.7 Å². The number of urea groups is 1. The van der Waals surface area contributed by atoms with Crippen LogP contribution < -0.4 is 10.6 Å². The Morgan fingerprint density at radius 3 is 2.63 bits per heavy atom. The van der Waals surface area contributed by atoms with Gasteiger partial charge in [-0.05, 0) is 31.0 Å². The zero-order valence-electron chi connectivity index (χ0n) is 15.2. The number of nitrogens with one attached hydrogen (secondary N) is 2. The number of hydrogen-bond donors (Lipinski definition) is 3. The molecule has 1 heterocycles. The van der Waals surface area contributed by atoms with Gasteiger partial charge in [-0.1, -0.05) is 19.1 Å². The number of aliphatic hydroxyl groups excluding tert-OH is 1. The molecule has 2 amide bonds. The Bertz CT molecular complexity index is 776. The largest absolute Gasteiger partial charge is 0.462 e. The van der Waals surface area contributed by atoms with Gasteiger partial charge in [-0.3, -0.25) is 5.32 Å². The minimum atomic E-state index is -0.678. The normalized spacial score (nSPS) is 11.7. The lowest BCUT2D eigenvalue weighted by atomic mass is 10.2.